The van der Waals surface area contributed by atoms with Crippen molar-refractivity contribution in [1.29, 1.82) is 0 Å². The van der Waals surface area contributed by atoms with Crippen molar-refractivity contribution in [2.45, 2.75) is 26.9 Å². The molecule has 0 radical (unpaired) electrons. The average molecular weight is 457 g/mol. The molecule has 0 bridgehead atoms. The zero-order valence-electron chi connectivity index (χ0n) is 19.3. The van der Waals surface area contributed by atoms with Gasteiger partial charge in [-0.3, -0.25) is 0 Å². The topological polar surface area (TPSA) is 76.7 Å². The quantitative estimate of drug-likeness (QED) is 0.257. The third-order valence-electron chi connectivity index (χ3n) is 4.73. The lowest BCUT2D eigenvalue weighted by Crippen LogP contribution is -2.15. The molecule has 0 amide bonds. The van der Waals surface area contributed by atoms with Crippen molar-refractivity contribution < 1.29 is 19.1 Å². The molecule has 0 heterocycles. The molecule has 174 valence electrons. The second-order valence-corrected chi connectivity index (χ2v) is 7.65. The van der Waals surface area contributed by atoms with Crippen LogP contribution in [-0.4, -0.2) is 11.9 Å². The number of carbonyl (C=O) groups excluding carboxylic acids is 2. The maximum atomic E-state index is 12.0. The smallest absolute Gasteiger partial charge is 0.337 e. The highest BCUT2D eigenvalue weighted by atomic mass is 16.5. The first-order valence-corrected chi connectivity index (χ1v) is 10.9. The summed E-state index contributed by atoms with van der Waals surface area (Å²) in [4.78, 5) is 24.1. The number of rotatable bonds is 10. The van der Waals surface area contributed by atoms with Crippen molar-refractivity contribution in [2.24, 2.45) is 0 Å². The summed E-state index contributed by atoms with van der Waals surface area (Å²) in [5, 5.41) is 6.45. The Morgan fingerprint density at radius 1 is 0.647 bits per heavy atom. The molecule has 3 aromatic carbocycles. The Hall–Kier alpha value is -4.32. The lowest BCUT2D eigenvalue weighted by molar-refractivity contribution is -0.130. The van der Waals surface area contributed by atoms with Gasteiger partial charge in [-0.15, -0.1) is 0 Å². The number of allylic oxidation sites excluding steroid dienone is 2. The van der Waals surface area contributed by atoms with E-state index in [2.05, 4.69) is 16.7 Å². The van der Waals surface area contributed by atoms with Crippen molar-refractivity contribution in [3.05, 3.63) is 120 Å². The van der Waals surface area contributed by atoms with Crippen LogP contribution < -0.4 is 20.1 Å². The van der Waals surface area contributed by atoms with Gasteiger partial charge in [0.2, 0.25) is 0 Å². The summed E-state index contributed by atoms with van der Waals surface area (Å²) >= 11 is 0. The summed E-state index contributed by atoms with van der Waals surface area (Å²) in [6.45, 7) is 4.76. The van der Waals surface area contributed by atoms with E-state index in [-0.39, 0.29) is 0 Å². The van der Waals surface area contributed by atoms with Crippen LogP contribution in [0.15, 0.2) is 108 Å². The summed E-state index contributed by atoms with van der Waals surface area (Å²) in [7, 11) is 0. The van der Waals surface area contributed by atoms with Crippen LogP contribution in [-0.2, 0) is 22.7 Å². The minimum atomic E-state index is -0.429. The fourth-order valence-corrected chi connectivity index (χ4v) is 3.06. The molecule has 6 heteroatoms. The van der Waals surface area contributed by atoms with Crippen LogP contribution >= 0.6 is 0 Å². The Bertz CT molecular complexity index is 1070. The van der Waals surface area contributed by atoms with E-state index < -0.39 is 11.9 Å². The third-order valence-corrected chi connectivity index (χ3v) is 4.73. The minimum absolute atomic E-state index is 0.429. The molecule has 0 saturated carbocycles. The monoisotopic (exact) mass is 456 g/mol. The van der Waals surface area contributed by atoms with Gasteiger partial charge in [-0.05, 0) is 49.2 Å². The van der Waals surface area contributed by atoms with Crippen LogP contribution in [0, 0.1) is 0 Å². The highest BCUT2D eigenvalue weighted by Crippen LogP contribution is 2.11. The van der Waals surface area contributed by atoms with Crippen molar-refractivity contribution in [3.8, 4) is 11.5 Å². The predicted molar refractivity (Wildman–Crippen MR) is 132 cm³/mol. The number of carbonyl (C=O) groups is 2. The number of ether oxygens (including phenoxy) is 2. The van der Waals surface area contributed by atoms with Crippen LogP contribution in [0.3, 0.4) is 0 Å². The Morgan fingerprint density at radius 2 is 1.06 bits per heavy atom. The molecule has 34 heavy (non-hydrogen) atoms. The van der Waals surface area contributed by atoms with Crippen LogP contribution in [0.1, 0.15) is 25.0 Å². The molecule has 3 aromatic rings. The van der Waals surface area contributed by atoms with Gasteiger partial charge in [-0.25, -0.2) is 9.59 Å². The lowest BCUT2D eigenvalue weighted by atomic mass is 10.1. The van der Waals surface area contributed by atoms with Gasteiger partial charge in [0.25, 0.3) is 0 Å². The van der Waals surface area contributed by atoms with Crippen molar-refractivity contribution >= 4 is 11.9 Å². The first-order valence-electron chi connectivity index (χ1n) is 10.9. The number of hydrogen-bond acceptors (Lipinski definition) is 6. The molecule has 0 aromatic heterocycles. The fourth-order valence-electron chi connectivity index (χ4n) is 3.06. The van der Waals surface area contributed by atoms with E-state index in [9.17, 15) is 9.59 Å². The lowest BCUT2D eigenvalue weighted by Gasteiger charge is -2.10. The molecule has 2 N–H and O–H groups in total. The molecule has 0 atom stereocenters. The molecule has 0 aliphatic carbocycles. The second-order valence-electron chi connectivity index (χ2n) is 7.65. The Morgan fingerprint density at radius 3 is 1.47 bits per heavy atom. The number of benzene rings is 3. The van der Waals surface area contributed by atoms with E-state index in [1.54, 1.807) is 24.3 Å². The van der Waals surface area contributed by atoms with Gasteiger partial charge in [-0.1, -0.05) is 60.7 Å². The average Bonchev–Trinajstić information content (AvgIpc) is 2.83. The standard InChI is InChI=1S/C28H28N2O4/c1-21(16-27(31)33-25-12-5-3-6-13-25)29-19-23-10-9-11-24(18-23)20-30-22(2)17-28(32)34-26-14-7-4-8-15-26/h3-18,29-30H,19-20H2,1-2H3/b21-16-,22-17-. The Balaban J connectivity index is 1.46. The largest absolute Gasteiger partial charge is 0.423 e. The molecule has 0 spiro atoms. The van der Waals surface area contributed by atoms with Crippen molar-refractivity contribution in [3.63, 3.8) is 0 Å². The Labute approximate surface area is 199 Å². The summed E-state index contributed by atoms with van der Waals surface area (Å²) in [6.07, 6.45) is 2.86. The molecule has 0 aliphatic heterocycles. The molecule has 3 rings (SSSR count). The maximum Gasteiger partial charge on any atom is 0.337 e. The first kappa shape index (κ1) is 24.3. The van der Waals surface area contributed by atoms with E-state index >= 15 is 0 Å². The van der Waals surface area contributed by atoms with Gasteiger partial charge in [0.1, 0.15) is 11.5 Å². The maximum absolute atomic E-state index is 12.0. The van der Waals surface area contributed by atoms with Crippen LogP contribution in [0.25, 0.3) is 0 Å². The third kappa shape index (κ3) is 8.67. The van der Waals surface area contributed by atoms with Gasteiger partial charge < -0.3 is 20.1 Å². The van der Waals surface area contributed by atoms with E-state index in [0.29, 0.717) is 36.0 Å². The summed E-state index contributed by atoms with van der Waals surface area (Å²) in [5.74, 6) is 0.160. The zero-order valence-corrected chi connectivity index (χ0v) is 19.3. The predicted octanol–water partition coefficient (Wildman–Crippen LogP) is 4.88. The van der Waals surface area contributed by atoms with Crippen LogP contribution in [0.5, 0.6) is 11.5 Å². The number of esters is 2. The van der Waals surface area contributed by atoms with Crippen LogP contribution in [0.4, 0.5) is 0 Å². The minimum Gasteiger partial charge on any atom is -0.423 e. The van der Waals surface area contributed by atoms with Crippen molar-refractivity contribution in [2.75, 3.05) is 0 Å². The first-order chi connectivity index (χ1) is 16.5. The highest BCUT2D eigenvalue weighted by Gasteiger charge is 2.04. The molecule has 0 saturated heterocycles. The van der Waals surface area contributed by atoms with Gasteiger partial charge in [0, 0.05) is 36.6 Å². The van der Waals surface area contributed by atoms with Crippen LogP contribution in [0.2, 0.25) is 0 Å². The summed E-state index contributed by atoms with van der Waals surface area (Å²) in [5.41, 5.74) is 3.54. The fraction of sp³-hybridized carbons (Fsp3) is 0.143. The number of para-hydroxylation sites is 2. The second kappa shape index (κ2) is 12.6. The molecule has 0 unspecified atom stereocenters. The van der Waals surface area contributed by atoms with Gasteiger partial charge in [-0.2, -0.15) is 0 Å². The molecular weight excluding hydrogens is 428 g/mol. The highest BCUT2D eigenvalue weighted by molar-refractivity contribution is 5.85. The van der Waals surface area contributed by atoms with E-state index in [1.807, 2.05) is 68.4 Å². The molecule has 0 aliphatic rings. The van der Waals surface area contributed by atoms with Gasteiger partial charge in [0.15, 0.2) is 0 Å². The zero-order chi connectivity index (χ0) is 24.2. The van der Waals surface area contributed by atoms with E-state index in [4.69, 9.17) is 9.47 Å². The van der Waals surface area contributed by atoms with Gasteiger partial charge >= 0.3 is 11.9 Å². The number of hydrogen-bond donors (Lipinski definition) is 2. The van der Waals surface area contributed by atoms with E-state index in [0.717, 1.165) is 11.1 Å². The van der Waals surface area contributed by atoms with Gasteiger partial charge in [0.05, 0.1) is 0 Å². The molecule has 0 fully saturated rings. The molecular formula is C28H28N2O4. The Kier molecular flexibility index (Phi) is 9.05. The van der Waals surface area contributed by atoms with Crippen molar-refractivity contribution in [1.82, 2.24) is 10.6 Å². The summed E-state index contributed by atoms with van der Waals surface area (Å²) < 4.78 is 10.5. The molecule has 6 nitrogen and oxygen atoms in total. The number of nitrogens with one attached hydrogen (secondary N) is 2. The normalized spacial score (nSPS) is 11.5. The SMILES string of the molecule is C/C(=C/C(=O)Oc1ccccc1)NCc1cccc(CN/C(C)=C\C(=O)Oc2ccccc2)c1. The summed E-state index contributed by atoms with van der Waals surface area (Å²) in [6, 6.07) is 26.0. The van der Waals surface area contributed by atoms with E-state index in [1.165, 1.54) is 12.2 Å².